The number of halogens is 2. The van der Waals surface area contributed by atoms with E-state index in [1.807, 2.05) is 14.0 Å². The number of ether oxygens (including phenoxy) is 1. The Kier molecular flexibility index (Phi) is 12.5. The molecule has 4 rings (SSSR count). The van der Waals surface area contributed by atoms with Gasteiger partial charge in [-0.25, -0.2) is 8.78 Å². The second-order valence-electron chi connectivity index (χ2n) is 12.0. The van der Waals surface area contributed by atoms with Crippen LogP contribution in [-0.4, -0.2) is 89.5 Å². The number of piperazine rings is 1. The highest BCUT2D eigenvalue weighted by Gasteiger charge is 2.35. The summed E-state index contributed by atoms with van der Waals surface area (Å²) in [5.74, 6) is -4.53. The first kappa shape index (κ1) is 36.3. The molecule has 3 amide bonds. The van der Waals surface area contributed by atoms with Crippen molar-refractivity contribution in [2.45, 2.75) is 58.2 Å². The molecule has 0 bridgehead atoms. The van der Waals surface area contributed by atoms with E-state index in [4.69, 9.17) is 4.74 Å². The molecule has 1 aliphatic rings. The third-order valence-corrected chi connectivity index (χ3v) is 8.86. The first-order valence-corrected chi connectivity index (χ1v) is 16.2. The summed E-state index contributed by atoms with van der Waals surface area (Å²) < 4.78 is 36.6. The topological polar surface area (TPSA) is 126 Å². The fraction of sp³-hybridized carbons (Fsp3) is 0.457. The van der Waals surface area contributed by atoms with Gasteiger partial charge in [0.05, 0.1) is 17.7 Å². The van der Waals surface area contributed by atoms with Crippen LogP contribution in [-0.2, 0) is 25.7 Å². The fourth-order valence-corrected chi connectivity index (χ4v) is 5.88. The highest BCUT2D eigenvalue weighted by Crippen LogP contribution is 2.32. The second kappa shape index (κ2) is 16.6. The Morgan fingerprint density at radius 3 is 2.23 bits per heavy atom. The fourth-order valence-electron chi connectivity index (χ4n) is 5.88. The minimum Gasteiger partial charge on any atom is -0.376 e. The molecule has 0 aliphatic carbocycles. The third kappa shape index (κ3) is 8.70. The molecule has 13 heteroatoms. The van der Waals surface area contributed by atoms with E-state index in [0.29, 0.717) is 49.5 Å². The number of ketones is 1. The zero-order valence-corrected chi connectivity index (χ0v) is 28.0. The lowest BCUT2D eigenvalue weighted by molar-refractivity contribution is -0.138. The van der Waals surface area contributed by atoms with Gasteiger partial charge in [-0.1, -0.05) is 32.0 Å². The Balaban J connectivity index is 1.59. The van der Waals surface area contributed by atoms with Crippen LogP contribution in [0.3, 0.4) is 0 Å². The van der Waals surface area contributed by atoms with Crippen molar-refractivity contribution in [3.05, 3.63) is 83.2 Å². The number of aryl methyl sites for hydroxylation is 1. The predicted molar refractivity (Wildman–Crippen MR) is 176 cm³/mol. The van der Waals surface area contributed by atoms with Crippen molar-refractivity contribution in [2.24, 2.45) is 5.92 Å². The Bertz CT molecular complexity index is 1590. The van der Waals surface area contributed by atoms with Gasteiger partial charge in [-0.15, -0.1) is 0 Å². The van der Waals surface area contributed by atoms with Gasteiger partial charge in [-0.2, -0.15) is 5.10 Å². The van der Waals surface area contributed by atoms with Gasteiger partial charge in [-0.05, 0) is 55.4 Å². The van der Waals surface area contributed by atoms with E-state index >= 15 is 4.39 Å². The van der Waals surface area contributed by atoms with Crippen LogP contribution in [0, 0.1) is 17.6 Å². The van der Waals surface area contributed by atoms with Gasteiger partial charge in [0.25, 0.3) is 0 Å². The maximum atomic E-state index is 15.7. The van der Waals surface area contributed by atoms with E-state index < -0.39 is 41.5 Å². The van der Waals surface area contributed by atoms with Crippen LogP contribution >= 0.6 is 0 Å². The molecule has 2 heterocycles. The van der Waals surface area contributed by atoms with Crippen molar-refractivity contribution in [3.63, 3.8) is 0 Å². The second-order valence-corrected chi connectivity index (χ2v) is 12.0. The van der Waals surface area contributed by atoms with Crippen molar-refractivity contribution in [1.29, 1.82) is 0 Å². The number of nitrogens with one attached hydrogen (secondary N) is 2. The maximum absolute atomic E-state index is 15.7. The number of carbonyl (C=O) groups excluding carboxylic acids is 4. The first-order valence-electron chi connectivity index (χ1n) is 16.2. The molecule has 1 aromatic heterocycles. The molecule has 48 heavy (non-hydrogen) atoms. The smallest absolute Gasteiger partial charge is 0.245 e. The molecule has 2 N–H and O–H groups in total. The van der Waals surface area contributed by atoms with E-state index in [2.05, 4.69) is 20.6 Å². The number of rotatable bonds is 14. The van der Waals surface area contributed by atoms with Crippen molar-refractivity contribution in [3.8, 4) is 0 Å². The molecule has 258 valence electrons. The summed E-state index contributed by atoms with van der Waals surface area (Å²) in [7, 11) is 3.35. The number of hydrogen-bond donors (Lipinski definition) is 2. The average molecular weight is 667 g/mol. The number of aromatic nitrogens is 2. The molecule has 0 spiro atoms. The lowest BCUT2D eigenvalue weighted by Gasteiger charge is -2.36. The molecule has 2 aromatic carbocycles. The zero-order chi connectivity index (χ0) is 35.0. The molecule has 3 aromatic rings. The quantitative estimate of drug-likeness (QED) is 0.248. The van der Waals surface area contributed by atoms with Crippen LogP contribution in [0.5, 0.6) is 0 Å². The van der Waals surface area contributed by atoms with E-state index in [1.165, 1.54) is 54.4 Å². The van der Waals surface area contributed by atoms with Gasteiger partial charge in [0.2, 0.25) is 17.7 Å². The van der Waals surface area contributed by atoms with Crippen LogP contribution in [0.4, 0.5) is 14.5 Å². The van der Waals surface area contributed by atoms with Crippen molar-refractivity contribution < 1.29 is 32.7 Å². The standard InChI is InChI=1S/C35H44F2N6O5/c1-6-31(45)40-32(35(47)42-18-16-41(4)17-19-42)22(3)24-10-13-28(27(37)20-24)39-34(46)26(21-30(44)29-14-15-38-43(29)7-2)33(48-5)23-8-11-25(36)12-9-23/h8-15,20,22,26,32-33H,6-7,16-19,21H2,1-5H3,(H,39,46)(H,40,45)/t22-,26?,32+,33?/m0/s1. The molecule has 0 radical (unpaired) electrons. The summed E-state index contributed by atoms with van der Waals surface area (Å²) in [5, 5.41) is 9.57. The Hall–Kier alpha value is -4.49. The SMILES string of the molecule is CCC(=O)N[C@@H](C(=O)N1CCN(C)CC1)[C@@H](C)c1ccc(NC(=O)C(CC(=O)c2ccnn2CC)C(OC)c2ccc(F)cc2)c(F)c1. The van der Waals surface area contributed by atoms with Crippen molar-refractivity contribution in [1.82, 2.24) is 24.9 Å². The molecule has 1 fully saturated rings. The number of anilines is 1. The van der Waals surface area contributed by atoms with E-state index in [0.717, 1.165) is 0 Å². The Morgan fingerprint density at radius 2 is 1.62 bits per heavy atom. The third-order valence-electron chi connectivity index (χ3n) is 8.86. The van der Waals surface area contributed by atoms with Crippen LogP contribution in [0.15, 0.2) is 54.7 Å². The van der Waals surface area contributed by atoms with E-state index in [9.17, 15) is 23.6 Å². The number of methoxy groups -OCH3 is 1. The molecule has 2 unspecified atom stereocenters. The summed E-state index contributed by atoms with van der Waals surface area (Å²) in [5.41, 5.74) is 1.09. The summed E-state index contributed by atoms with van der Waals surface area (Å²) in [6.07, 6.45) is 0.424. The number of benzene rings is 2. The molecule has 0 saturated carbocycles. The van der Waals surface area contributed by atoms with Crippen LogP contribution < -0.4 is 10.6 Å². The van der Waals surface area contributed by atoms with Gasteiger partial charge in [-0.3, -0.25) is 23.9 Å². The summed E-state index contributed by atoms with van der Waals surface area (Å²) in [6, 6.07) is 10.3. The highest BCUT2D eigenvalue weighted by atomic mass is 19.1. The number of likely N-dealkylation sites (N-methyl/N-ethyl adjacent to an activating group) is 1. The average Bonchev–Trinajstić information content (AvgIpc) is 3.57. The van der Waals surface area contributed by atoms with Gasteiger partial charge in [0, 0.05) is 64.8 Å². The minimum atomic E-state index is -1.12. The summed E-state index contributed by atoms with van der Waals surface area (Å²) in [4.78, 5) is 57.0. The molecular weight excluding hydrogens is 622 g/mol. The largest absolute Gasteiger partial charge is 0.376 e. The highest BCUT2D eigenvalue weighted by molar-refractivity contribution is 6.00. The van der Waals surface area contributed by atoms with Gasteiger partial charge in [0.15, 0.2) is 5.78 Å². The van der Waals surface area contributed by atoms with Crippen LogP contribution in [0.2, 0.25) is 0 Å². The Labute approximate surface area is 279 Å². The molecular formula is C35H44F2N6O5. The molecule has 1 aliphatic heterocycles. The maximum Gasteiger partial charge on any atom is 0.245 e. The normalized spacial score (nSPS) is 16.1. The van der Waals surface area contributed by atoms with Crippen molar-refractivity contribution in [2.75, 3.05) is 45.7 Å². The molecule has 4 atom stereocenters. The summed E-state index contributed by atoms with van der Waals surface area (Å²) >= 11 is 0. The first-order chi connectivity index (χ1) is 23.0. The van der Waals surface area contributed by atoms with Crippen LogP contribution in [0.25, 0.3) is 0 Å². The number of hydrogen-bond acceptors (Lipinski definition) is 7. The van der Waals surface area contributed by atoms with Crippen molar-refractivity contribution >= 4 is 29.2 Å². The Morgan fingerprint density at radius 1 is 0.958 bits per heavy atom. The zero-order valence-electron chi connectivity index (χ0n) is 28.0. The van der Waals surface area contributed by atoms with Gasteiger partial charge in [0.1, 0.15) is 23.4 Å². The minimum absolute atomic E-state index is 0.138. The molecule has 11 nitrogen and oxygen atoms in total. The van der Waals surface area contributed by atoms with E-state index in [1.54, 1.807) is 30.9 Å². The lowest BCUT2D eigenvalue weighted by Crippen LogP contribution is -2.55. The lowest BCUT2D eigenvalue weighted by atomic mass is 9.89. The number of Topliss-reactive ketones (excluding diaryl/α,β-unsaturated/α-hetero) is 1. The number of amides is 3. The predicted octanol–water partition coefficient (Wildman–Crippen LogP) is 4.17. The summed E-state index contributed by atoms with van der Waals surface area (Å²) in [6.45, 7) is 8.16. The number of nitrogens with zero attached hydrogens (tertiary/aromatic N) is 4. The van der Waals surface area contributed by atoms with Crippen LogP contribution in [0.1, 0.15) is 67.3 Å². The monoisotopic (exact) mass is 666 g/mol. The van der Waals surface area contributed by atoms with Gasteiger partial charge < -0.3 is 25.2 Å². The number of carbonyl (C=O) groups is 4. The van der Waals surface area contributed by atoms with E-state index in [-0.39, 0.29) is 36.1 Å². The van der Waals surface area contributed by atoms with Gasteiger partial charge >= 0.3 is 0 Å². The molecule has 1 saturated heterocycles.